The number of methoxy groups -OCH3 is 2. The van der Waals surface area contributed by atoms with Gasteiger partial charge in [-0.05, 0) is 27.2 Å². The molecule has 18 heavy (non-hydrogen) atoms. The predicted octanol–water partition coefficient (Wildman–Crippen LogP) is 1.21. The average molecular weight is 258 g/mol. The van der Waals surface area contributed by atoms with Crippen LogP contribution in [-0.4, -0.2) is 49.2 Å². The summed E-state index contributed by atoms with van der Waals surface area (Å²) in [5.41, 5.74) is 1.09. The Bertz CT molecular complexity index is 355. The third-order valence-corrected chi connectivity index (χ3v) is 4.02. The molecule has 0 spiro atoms. The van der Waals surface area contributed by atoms with Gasteiger partial charge in [-0.15, -0.1) is 0 Å². The second-order valence-corrected chi connectivity index (χ2v) is 5.25. The molecule has 0 bridgehead atoms. The molecule has 1 heterocycles. The Labute approximate surface area is 108 Å². The van der Waals surface area contributed by atoms with Crippen LogP contribution in [0.4, 0.5) is 0 Å². The van der Waals surface area contributed by atoms with E-state index in [0.29, 0.717) is 0 Å². The molecule has 1 fully saturated rings. The first kappa shape index (κ1) is 14.0. The summed E-state index contributed by atoms with van der Waals surface area (Å²) in [4.78, 5) is 0. The van der Waals surface area contributed by atoms with E-state index >= 15 is 0 Å². The zero-order chi connectivity index (χ0) is 13.6. The fraction of sp³-hybridized carbons (Fsp3) is 0.846. The van der Waals surface area contributed by atoms with Crippen LogP contribution in [0, 0.1) is 0 Å². The summed E-state index contributed by atoms with van der Waals surface area (Å²) in [6.07, 6.45) is 1.19. The monoisotopic (exact) mass is 258 g/mol. The maximum atomic E-state index is 10.1. The van der Waals surface area contributed by atoms with Crippen LogP contribution in [-0.2, 0) is 18.9 Å². The topological polar surface area (TPSA) is 57.2 Å². The number of fused-ring (bicyclic) bond motifs is 1. The second-order valence-electron chi connectivity index (χ2n) is 5.25. The van der Waals surface area contributed by atoms with Crippen LogP contribution in [0.3, 0.4) is 0 Å². The van der Waals surface area contributed by atoms with Crippen LogP contribution >= 0.6 is 0 Å². The van der Waals surface area contributed by atoms with Gasteiger partial charge >= 0.3 is 0 Å². The first-order chi connectivity index (χ1) is 8.35. The van der Waals surface area contributed by atoms with Crippen molar-refractivity contribution in [3.8, 4) is 0 Å². The fourth-order valence-corrected chi connectivity index (χ4v) is 2.59. The van der Waals surface area contributed by atoms with Gasteiger partial charge in [0.05, 0.1) is 6.10 Å². The Hall–Kier alpha value is -0.460. The van der Waals surface area contributed by atoms with Crippen LogP contribution in [0.15, 0.2) is 11.6 Å². The van der Waals surface area contributed by atoms with Gasteiger partial charge in [0.1, 0.15) is 12.2 Å². The average Bonchev–Trinajstić information content (AvgIpc) is 2.32. The van der Waals surface area contributed by atoms with Crippen LogP contribution in [0.5, 0.6) is 0 Å². The predicted molar refractivity (Wildman–Crippen MR) is 65.0 cm³/mol. The van der Waals surface area contributed by atoms with Crippen molar-refractivity contribution in [2.24, 2.45) is 0 Å². The molecule has 5 nitrogen and oxygen atoms in total. The van der Waals surface area contributed by atoms with Crippen molar-refractivity contribution in [1.82, 2.24) is 0 Å². The SMILES string of the molecule is CO[C@@]1(C)O[C@@H]2[C@H](O)C=C(C)C[C@H]2O[C@]1(C)OC. The molecule has 1 saturated heterocycles. The Balaban J connectivity index is 2.30. The van der Waals surface area contributed by atoms with Crippen molar-refractivity contribution in [1.29, 1.82) is 0 Å². The van der Waals surface area contributed by atoms with E-state index in [4.69, 9.17) is 18.9 Å². The third-order valence-electron chi connectivity index (χ3n) is 4.02. The molecular weight excluding hydrogens is 236 g/mol. The van der Waals surface area contributed by atoms with Crippen LogP contribution in [0.2, 0.25) is 0 Å². The number of hydrogen-bond donors (Lipinski definition) is 1. The van der Waals surface area contributed by atoms with Gasteiger partial charge in [0.25, 0.3) is 0 Å². The second kappa shape index (κ2) is 4.58. The van der Waals surface area contributed by atoms with Gasteiger partial charge in [-0.1, -0.05) is 11.6 Å². The highest BCUT2D eigenvalue weighted by molar-refractivity contribution is 5.14. The summed E-state index contributed by atoms with van der Waals surface area (Å²) < 4.78 is 22.8. The molecule has 0 aromatic rings. The summed E-state index contributed by atoms with van der Waals surface area (Å²) in [6.45, 7) is 5.51. The molecule has 1 aliphatic carbocycles. The lowest BCUT2D eigenvalue weighted by atomic mass is 9.90. The molecule has 0 aromatic carbocycles. The normalized spacial score (nSPS) is 48.6. The summed E-state index contributed by atoms with van der Waals surface area (Å²) in [5, 5.41) is 10.1. The van der Waals surface area contributed by atoms with E-state index < -0.39 is 23.8 Å². The molecule has 2 rings (SSSR count). The molecule has 1 aliphatic heterocycles. The van der Waals surface area contributed by atoms with Gasteiger partial charge in [0.15, 0.2) is 0 Å². The van der Waals surface area contributed by atoms with Crippen molar-refractivity contribution in [2.75, 3.05) is 14.2 Å². The van der Waals surface area contributed by atoms with Crippen LogP contribution < -0.4 is 0 Å². The highest BCUT2D eigenvalue weighted by Gasteiger charge is 2.58. The summed E-state index contributed by atoms with van der Waals surface area (Å²) in [6, 6.07) is 0. The minimum absolute atomic E-state index is 0.224. The van der Waals surface area contributed by atoms with Crippen LogP contribution in [0.1, 0.15) is 27.2 Å². The Kier molecular flexibility index (Phi) is 3.55. The van der Waals surface area contributed by atoms with E-state index in [9.17, 15) is 5.11 Å². The standard InChI is InChI=1S/C13H22O5/c1-8-6-9(14)11-10(7-8)17-12(2,15-4)13(3,16-5)18-11/h6,9-11,14H,7H2,1-5H3/t9-,10-,11-,12+,13+/m1/s1. The van der Waals surface area contributed by atoms with Gasteiger partial charge in [0, 0.05) is 14.2 Å². The molecule has 1 N–H and O–H groups in total. The molecule has 0 aromatic heterocycles. The number of aliphatic hydroxyl groups excluding tert-OH is 1. The molecule has 0 amide bonds. The zero-order valence-electron chi connectivity index (χ0n) is 11.6. The fourth-order valence-electron chi connectivity index (χ4n) is 2.59. The molecule has 0 saturated carbocycles. The summed E-state index contributed by atoms with van der Waals surface area (Å²) in [5.74, 6) is -2.05. The third kappa shape index (κ3) is 2.00. The number of ether oxygens (including phenoxy) is 4. The minimum Gasteiger partial charge on any atom is -0.386 e. The lowest BCUT2D eigenvalue weighted by Gasteiger charge is -2.53. The zero-order valence-corrected chi connectivity index (χ0v) is 11.6. The van der Waals surface area contributed by atoms with Crippen molar-refractivity contribution in [3.63, 3.8) is 0 Å². The first-order valence-corrected chi connectivity index (χ1v) is 6.16. The van der Waals surface area contributed by atoms with Gasteiger partial charge in [-0.2, -0.15) is 0 Å². The van der Waals surface area contributed by atoms with E-state index in [-0.39, 0.29) is 6.10 Å². The molecular formula is C13H22O5. The summed E-state index contributed by atoms with van der Waals surface area (Å²) in [7, 11) is 3.10. The van der Waals surface area contributed by atoms with E-state index in [1.807, 2.05) is 6.92 Å². The molecule has 5 atom stereocenters. The molecule has 104 valence electrons. The number of hydrogen-bond acceptors (Lipinski definition) is 5. The molecule has 2 aliphatic rings. The minimum atomic E-state index is -1.05. The van der Waals surface area contributed by atoms with E-state index in [0.717, 1.165) is 12.0 Å². The van der Waals surface area contributed by atoms with E-state index in [1.165, 1.54) is 7.11 Å². The Morgan fingerprint density at radius 2 is 1.78 bits per heavy atom. The van der Waals surface area contributed by atoms with Gasteiger partial charge < -0.3 is 24.1 Å². The van der Waals surface area contributed by atoms with Gasteiger partial charge in [0.2, 0.25) is 11.6 Å². The molecule has 0 radical (unpaired) electrons. The van der Waals surface area contributed by atoms with E-state index in [2.05, 4.69) is 0 Å². The Morgan fingerprint density at radius 1 is 1.22 bits per heavy atom. The largest absolute Gasteiger partial charge is 0.386 e. The highest BCUT2D eigenvalue weighted by atomic mass is 16.8. The molecule has 5 heteroatoms. The van der Waals surface area contributed by atoms with Crippen molar-refractivity contribution in [2.45, 2.75) is 57.1 Å². The Morgan fingerprint density at radius 3 is 2.33 bits per heavy atom. The van der Waals surface area contributed by atoms with Crippen molar-refractivity contribution < 1.29 is 24.1 Å². The number of aliphatic hydroxyl groups is 1. The lowest BCUT2D eigenvalue weighted by molar-refractivity contribution is -0.453. The molecule has 0 unspecified atom stereocenters. The van der Waals surface area contributed by atoms with Gasteiger partial charge in [-0.25, -0.2) is 0 Å². The quantitative estimate of drug-likeness (QED) is 0.754. The summed E-state index contributed by atoms with van der Waals surface area (Å²) >= 11 is 0. The van der Waals surface area contributed by atoms with Crippen LogP contribution in [0.25, 0.3) is 0 Å². The van der Waals surface area contributed by atoms with Gasteiger partial charge in [-0.3, -0.25) is 0 Å². The highest BCUT2D eigenvalue weighted by Crippen LogP contribution is 2.42. The number of rotatable bonds is 2. The lowest BCUT2D eigenvalue weighted by Crippen LogP contribution is -2.67. The van der Waals surface area contributed by atoms with E-state index in [1.54, 1.807) is 27.0 Å². The van der Waals surface area contributed by atoms with Crippen molar-refractivity contribution in [3.05, 3.63) is 11.6 Å². The first-order valence-electron chi connectivity index (χ1n) is 6.16. The van der Waals surface area contributed by atoms with Crippen molar-refractivity contribution >= 4 is 0 Å². The maximum Gasteiger partial charge on any atom is 0.220 e. The smallest absolute Gasteiger partial charge is 0.220 e. The maximum absolute atomic E-state index is 10.1.